The second kappa shape index (κ2) is 9.91. The van der Waals surface area contributed by atoms with Crippen LogP contribution in [0.15, 0.2) is 18.3 Å². The first-order valence-electron chi connectivity index (χ1n) is 13.2. The highest BCUT2D eigenvalue weighted by molar-refractivity contribution is 5.92. The van der Waals surface area contributed by atoms with E-state index in [2.05, 4.69) is 30.2 Å². The summed E-state index contributed by atoms with van der Waals surface area (Å²) in [5.74, 6) is -0.641. The van der Waals surface area contributed by atoms with Crippen LogP contribution in [-0.2, 0) is 6.18 Å². The van der Waals surface area contributed by atoms with Gasteiger partial charge in [-0.3, -0.25) is 9.88 Å². The lowest BCUT2D eigenvalue weighted by Crippen LogP contribution is -2.47. The third-order valence-corrected chi connectivity index (χ3v) is 8.08. The molecule has 0 unspecified atom stereocenters. The lowest BCUT2D eigenvalue weighted by atomic mass is 9.95. The highest BCUT2D eigenvalue weighted by atomic mass is 19.4. The Kier molecular flexibility index (Phi) is 6.64. The fourth-order valence-electron chi connectivity index (χ4n) is 6.02. The number of rotatable bonds is 7. The van der Waals surface area contributed by atoms with Crippen LogP contribution >= 0.6 is 0 Å². The van der Waals surface area contributed by atoms with Crippen LogP contribution < -0.4 is 20.7 Å². The molecule has 0 amide bonds. The number of hydrogen-bond donors (Lipinski definition) is 2. The van der Waals surface area contributed by atoms with Gasteiger partial charge in [-0.15, -0.1) is 0 Å². The van der Waals surface area contributed by atoms with Gasteiger partial charge in [-0.05, 0) is 31.5 Å². The third kappa shape index (κ3) is 4.76. The van der Waals surface area contributed by atoms with Crippen molar-refractivity contribution in [1.29, 1.82) is 0 Å². The first-order valence-corrected chi connectivity index (χ1v) is 13.2. The minimum Gasteiger partial charge on any atom is -0.461 e. The Morgan fingerprint density at radius 3 is 2.73 bits per heavy atom. The zero-order valence-corrected chi connectivity index (χ0v) is 21.8. The van der Waals surface area contributed by atoms with Gasteiger partial charge in [-0.2, -0.15) is 23.1 Å². The summed E-state index contributed by atoms with van der Waals surface area (Å²) in [5, 5.41) is 3.41. The van der Waals surface area contributed by atoms with Gasteiger partial charge in [0.05, 0.1) is 16.5 Å². The molecule has 0 aliphatic carbocycles. The maximum atomic E-state index is 16.1. The third-order valence-electron chi connectivity index (χ3n) is 8.08. The van der Waals surface area contributed by atoms with Crippen LogP contribution in [0.2, 0.25) is 0 Å². The SMILES string of the molecule is CN(CC1CNC1)c1nc(OC[C@@]23CCCN2C[C@H](F)C3)nc2c(F)c(-c3nc(N)ccc3C(F)(F)F)ncc12. The zero-order valence-electron chi connectivity index (χ0n) is 21.8. The summed E-state index contributed by atoms with van der Waals surface area (Å²) < 4.78 is 77.7. The molecule has 3 aliphatic heterocycles. The molecular weight excluding hydrogens is 535 g/mol. The predicted molar refractivity (Wildman–Crippen MR) is 138 cm³/mol. The predicted octanol–water partition coefficient (Wildman–Crippen LogP) is 3.44. The van der Waals surface area contributed by atoms with Crippen LogP contribution in [0.5, 0.6) is 6.01 Å². The molecule has 3 saturated heterocycles. The van der Waals surface area contributed by atoms with E-state index in [-0.39, 0.29) is 29.3 Å². The van der Waals surface area contributed by atoms with E-state index >= 15 is 4.39 Å². The van der Waals surface area contributed by atoms with Crippen molar-refractivity contribution < 1.29 is 26.7 Å². The standard InChI is InChI=1S/C26H29F5N8O/c1-38(11-14-8-33-9-14)23-16-10-34-22(21-17(26(29,30)31)3-4-18(32)35-21)19(28)20(16)36-24(37-23)40-13-25-5-2-6-39(25)12-15(27)7-25/h3-4,10,14-15,33H,2,5-9,11-13H2,1H3,(H2,32,35)/t15-,25+/m1/s1. The Morgan fingerprint density at radius 2 is 2.00 bits per heavy atom. The first kappa shape index (κ1) is 26.8. The van der Waals surface area contributed by atoms with E-state index in [1.54, 1.807) is 7.05 Å². The van der Waals surface area contributed by atoms with E-state index in [1.165, 1.54) is 6.20 Å². The number of ether oxygens (including phenoxy) is 1. The van der Waals surface area contributed by atoms with Gasteiger partial charge >= 0.3 is 12.2 Å². The summed E-state index contributed by atoms with van der Waals surface area (Å²) in [5.41, 5.74) is 2.38. The van der Waals surface area contributed by atoms with Crippen molar-refractivity contribution in [1.82, 2.24) is 30.2 Å². The topological polar surface area (TPSA) is 105 Å². The molecule has 3 N–H and O–H groups in total. The van der Waals surface area contributed by atoms with E-state index in [9.17, 15) is 17.6 Å². The van der Waals surface area contributed by atoms with Crippen molar-refractivity contribution in [2.45, 2.75) is 37.1 Å². The van der Waals surface area contributed by atoms with Crippen LogP contribution in [0.1, 0.15) is 24.8 Å². The minimum atomic E-state index is -4.82. The number of nitrogens with zero attached hydrogens (tertiary/aromatic N) is 6. The molecule has 214 valence electrons. The highest BCUT2D eigenvalue weighted by Crippen LogP contribution is 2.41. The Balaban J connectivity index is 1.43. The number of alkyl halides is 4. The van der Waals surface area contributed by atoms with E-state index in [4.69, 9.17) is 10.5 Å². The van der Waals surface area contributed by atoms with Crippen molar-refractivity contribution in [3.8, 4) is 17.4 Å². The molecule has 2 atom stereocenters. The molecule has 3 aliphatic rings. The molecule has 40 heavy (non-hydrogen) atoms. The molecule has 0 bridgehead atoms. The molecule has 3 aromatic rings. The molecule has 9 nitrogen and oxygen atoms in total. The van der Waals surface area contributed by atoms with Crippen LogP contribution in [-0.4, -0.2) is 82.9 Å². The number of nitrogens with two attached hydrogens (primary N) is 1. The number of nitrogen functional groups attached to an aromatic ring is 1. The van der Waals surface area contributed by atoms with Crippen molar-refractivity contribution >= 4 is 22.5 Å². The number of anilines is 2. The summed E-state index contributed by atoms with van der Waals surface area (Å²) in [6, 6.07) is 1.60. The molecule has 3 fully saturated rings. The molecule has 6 rings (SSSR count). The lowest BCUT2D eigenvalue weighted by Gasteiger charge is -2.32. The highest BCUT2D eigenvalue weighted by Gasteiger charge is 2.49. The Hall–Kier alpha value is -3.39. The van der Waals surface area contributed by atoms with Gasteiger partial charge in [0.1, 0.15) is 41.3 Å². The molecule has 0 radical (unpaired) electrons. The largest absolute Gasteiger partial charge is 0.461 e. The number of fused-ring (bicyclic) bond motifs is 2. The summed E-state index contributed by atoms with van der Waals surface area (Å²) >= 11 is 0. The summed E-state index contributed by atoms with van der Waals surface area (Å²) in [6.45, 7) is 3.45. The van der Waals surface area contributed by atoms with Crippen LogP contribution in [0, 0.1) is 11.7 Å². The second-order valence-corrected chi connectivity index (χ2v) is 10.9. The van der Waals surface area contributed by atoms with Crippen molar-refractivity contribution in [3.63, 3.8) is 0 Å². The molecular formula is C26H29F5N8O. The van der Waals surface area contributed by atoms with Gasteiger partial charge in [0, 0.05) is 51.8 Å². The fourth-order valence-corrected chi connectivity index (χ4v) is 6.02. The van der Waals surface area contributed by atoms with E-state index in [0.717, 1.165) is 44.6 Å². The van der Waals surface area contributed by atoms with E-state index in [0.29, 0.717) is 31.2 Å². The van der Waals surface area contributed by atoms with Crippen molar-refractivity contribution in [2.24, 2.45) is 5.92 Å². The average Bonchev–Trinajstić information content (AvgIpc) is 3.39. The average molecular weight is 565 g/mol. The fraction of sp³-hybridized carbons (Fsp3) is 0.538. The Bertz CT molecular complexity index is 1430. The zero-order chi connectivity index (χ0) is 28.2. The molecule has 0 aromatic carbocycles. The summed E-state index contributed by atoms with van der Waals surface area (Å²) in [4.78, 5) is 20.5. The van der Waals surface area contributed by atoms with Crippen LogP contribution in [0.3, 0.4) is 0 Å². The van der Waals surface area contributed by atoms with Crippen molar-refractivity contribution in [3.05, 3.63) is 29.7 Å². The number of hydrogen-bond acceptors (Lipinski definition) is 9. The van der Waals surface area contributed by atoms with Gasteiger partial charge in [-0.1, -0.05) is 0 Å². The quantitative estimate of drug-likeness (QED) is 0.418. The van der Waals surface area contributed by atoms with Gasteiger partial charge in [0.15, 0.2) is 5.82 Å². The van der Waals surface area contributed by atoms with Gasteiger partial charge in [0.2, 0.25) is 0 Å². The first-order chi connectivity index (χ1) is 19.0. The number of aromatic nitrogens is 4. The summed E-state index contributed by atoms with van der Waals surface area (Å²) in [6.07, 6.45) is -2.54. The van der Waals surface area contributed by atoms with E-state index < -0.39 is 40.7 Å². The number of halogens is 5. The van der Waals surface area contributed by atoms with Crippen LogP contribution in [0.25, 0.3) is 22.3 Å². The smallest absolute Gasteiger partial charge is 0.418 e. The number of nitrogens with one attached hydrogen (secondary N) is 1. The molecule has 6 heterocycles. The van der Waals surface area contributed by atoms with Crippen LogP contribution in [0.4, 0.5) is 33.6 Å². The normalized spacial score (nSPS) is 23.4. The maximum absolute atomic E-state index is 16.1. The van der Waals surface area contributed by atoms with Gasteiger partial charge in [0.25, 0.3) is 0 Å². The monoisotopic (exact) mass is 564 g/mol. The molecule has 3 aromatic heterocycles. The van der Waals surface area contributed by atoms with Crippen molar-refractivity contribution in [2.75, 3.05) is 57.0 Å². The lowest BCUT2D eigenvalue weighted by molar-refractivity contribution is -0.137. The number of pyridine rings is 2. The summed E-state index contributed by atoms with van der Waals surface area (Å²) in [7, 11) is 1.79. The van der Waals surface area contributed by atoms with Gasteiger partial charge < -0.3 is 20.7 Å². The second-order valence-electron chi connectivity index (χ2n) is 10.9. The molecule has 0 saturated carbocycles. The maximum Gasteiger partial charge on any atom is 0.418 e. The Labute approximate surface area is 226 Å². The molecule has 0 spiro atoms. The minimum absolute atomic E-state index is 0.114. The van der Waals surface area contributed by atoms with E-state index in [1.807, 2.05) is 4.90 Å². The van der Waals surface area contributed by atoms with Gasteiger partial charge in [-0.25, -0.2) is 13.8 Å². The molecule has 14 heteroatoms. The Morgan fingerprint density at radius 1 is 1.20 bits per heavy atom.